The molecule has 0 radical (unpaired) electrons. The number of benzene rings is 2. The van der Waals surface area contributed by atoms with Crippen LogP contribution in [0.4, 0.5) is 19.3 Å². The summed E-state index contributed by atoms with van der Waals surface area (Å²) in [6.45, 7) is 0.631. The molecule has 10 heteroatoms. The largest absolute Gasteiger partial charge is 0.511 e. The van der Waals surface area contributed by atoms with E-state index >= 15 is 8.78 Å². The summed E-state index contributed by atoms with van der Waals surface area (Å²) in [4.78, 5) is 38.5. The Kier molecular flexibility index (Phi) is 5.43. The quantitative estimate of drug-likeness (QED) is 0.453. The standard InChI is InChI=1S/C24H21F2N3O5/c25-17-10-16-21(29(15-6-7-15)12-19(23(16)31)34-24(32)33)20(26)22(17)27-8-9-28(13-30)18(11-27)14-4-2-1-3-5-14/h1-5,10,12-13,15,18H,6-9,11H2,(H,32,33). The number of carboxylic acid groups (broad SMARTS) is 1. The van der Waals surface area contributed by atoms with E-state index in [1.54, 1.807) is 9.80 Å². The fourth-order valence-corrected chi connectivity index (χ4v) is 4.60. The van der Waals surface area contributed by atoms with Crippen molar-refractivity contribution >= 4 is 29.2 Å². The number of ether oxygens (including phenoxy) is 1. The maximum atomic E-state index is 16.0. The van der Waals surface area contributed by atoms with Crippen LogP contribution < -0.4 is 15.1 Å². The third-order valence-corrected chi connectivity index (χ3v) is 6.35. The van der Waals surface area contributed by atoms with E-state index in [1.807, 2.05) is 30.3 Å². The Bertz CT molecular complexity index is 1340. The fourth-order valence-electron chi connectivity index (χ4n) is 4.60. The first-order valence-corrected chi connectivity index (χ1v) is 10.9. The summed E-state index contributed by atoms with van der Waals surface area (Å²) in [5.74, 6) is -2.34. The van der Waals surface area contributed by atoms with Gasteiger partial charge in [0.2, 0.25) is 11.8 Å². The SMILES string of the molecule is O=CN1CCN(c2c(F)cc3c(=O)c(OC(=O)O)cn(C4CC4)c3c2F)CC1c1ccccc1. The monoisotopic (exact) mass is 469 g/mol. The van der Waals surface area contributed by atoms with Crippen molar-refractivity contribution in [1.82, 2.24) is 9.47 Å². The van der Waals surface area contributed by atoms with Crippen molar-refractivity contribution < 1.29 is 28.2 Å². The van der Waals surface area contributed by atoms with Crippen molar-refractivity contribution in [2.45, 2.75) is 24.9 Å². The Balaban J connectivity index is 1.63. The van der Waals surface area contributed by atoms with E-state index in [0.717, 1.165) is 18.0 Å². The molecule has 2 aliphatic rings. The summed E-state index contributed by atoms with van der Waals surface area (Å²) in [7, 11) is 0. The van der Waals surface area contributed by atoms with Crippen LogP contribution >= 0.6 is 0 Å². The first kappa shape index (κ1) is 21.9. The smallest absolute Gasteiger partial charge is 0.449 e. The molecule has 1 saturated carbocycles. The number of fused-ring (bicyclic) bond motifs is 1. The molecule has 0 spiro atoms. The van der Waals surface area contributed by atoms with Crippen LogP contribution in [-0.2, 0) is 4.79 Å². The highest BCUT2D eigenvalue weighted by Crippen LogP contribution is 2.41. The average Bonchev–Trinajstić information content (AvgIpc) is 3.67. The van der Waals surface area contributed by atoms with Crippen LogP contribution in [0.15, 0.2) is 47.4 Å². The number of aromatic nitrogens is 1. The number of amides is 1. The Morgan fingerprint density at radius 2 is 1.88 bits per heavy atom. The number of hydrogen-bond donors (Lipinski definition) is 1. The molecule has 1 amide bonds. The number of hydrogen-bond acceptors (Lipinski definition) is 5. The predicted molar refractivity (Wildman–Crippen MR) is 119 cm³/mol. The molecule has 1 aromatic heterocycles. The Labute approximate surface area is 192 Å². The minimum Gasteiger partial charge on any atom is -0.449 e. The van der Waals surface area contributed by atoms with Crippen molar-refractivity contribution in [2.24, 2.45) is 0 Å². The van der Waals surface area contributed by atoms with E-state index in [0.29, 0.717) is 12.8 Å². The second kappa shape index (κ2) is 8.44. The van der Waals surface area contributed by atoms with Crippen molar-refractivity contribution in [2.75, 3.05) is 24.5 Å². The number of pyridine rings is 1. The van der Waals surface area contributed by atoms with Crippen LogP contribution in [0.5, 0.6) is 5.75 Å². The Morgan fingerprint density at radius 1 is 1.15 bits per heavy atom. The van der Waals surface area contributed by atoms with Gasteiger partial charge in [0, 0.05) is 25.7 Å². The van der Waals surface area contributed by atoms with E-state index in [9.17, 15) is 14.4 Å². The minimum absolute atomic E-state index is 0.0873. The maximum absolute atomic E-state index is 16.0. The number of anilines is 1. The van der Waals surface area contributed by atoms with Crippen LogP contribution in [0.1, 0.15) is 30.5 Å². The Hall–Kier alpha value is -3.95. The topological polar surface area (TPSA) is 92.1 Å². The van der Waals surface area contributed by atoms with E-state index in [1.165, 1.54) is 10.8 Å². The normalized spacial score (nSPS) is 18.2. The molecule has 0 bridgehead atoms. The molecule has 1 unspecified atom stereocenters. The first-order valence-electron chi connectivity index (χ1n) is 10.9. The van der Waals surface area contributed by atoms with Crippen molar-refractivity contribution in [3.05, 3.63) is 70.0 Å². The molecule has 5 rings (SSSR count). The van der Waals surface area contributed by atoms with E-state index < -0.39 is 35.0 Å². The zero-order chi connectivity index (χ0) is 24.0. The van der Waals surface area contributed by atoms with Crippen LogP contribution in [0.3, 0.4) is 0 Å². The summed E-state index contributed by atoms with van der Waals surface area (Å²) < 4.78 is 37.3. The molecule has 2 aromatic carbocycles. The highest BCUT2D eigenvalue weighted by atomic mass is 19.1. The van der Waals surface area contributed by atoms with Gasteiger partial charge in [-0.2, -0.15) is 0 Å². The van der Waals surface area contributed by atoms with Crippen molar-refractivity contribution in [3.8, 4) is 5.75 Å². The number of nitrogens with zero attached hydrogens (tertiary/aromatic N) is 3. The number of carbonyl (C=O) groups excluding carboxylic acids is 1. The molecule has 34 heavy (non-hydrogen) atoms. The fraction of sp³-hybridized carbons (Fsp3) is 0.292. The van der Waals surface area contributed by atoms with Gasteiger partial charge in [0.15, 0.2) is 11.6 Å². The third-order valence-electron chi connectivity index (χ3n) is 6.35. The number of rotatable bonds is 5. The molecule has 1 aliphatic carbocycles. The molecular weight excluding hydrogens is 448 g/mol. The van der Waals surface area contributed by atoms with Gasteiger partial charge in [-0.05, 0) is 24.5 Å². The van der Waals surface area contributed by atoms with Crippen molar-refractivity contribution in [1.29, 1.82) is 0 Å². The molecule has 8 nitrogen and oxygen atoms in total. The summed E-state index contributed by atoms with van der Waals surface area (Å²) in [6, 6.07) is 9.61. The number of halogens is 2. The molecule has 1 saturated heterocycles. The Morgan fingerprint density at radius 3 is 2.53 bits per heavy atom. The van der Waals surface area contributed by atoms with Gasteiger partial charge >= 0.3 is 6.16 Å². The second-order valence-electron chi connectivity index (χ2n) is 8.46. The van der Waals surface area contributed by atoms with E-state index in [2.05, 4.69) is 4.74 Å². The molecule has 1 atom stereocenters. The first-order chi connectivity index (χ1) is 16.4. The molecule has 2 heterocycles. The number of piperazine rings is 1. The molecule has 1 N–H and O–H groups in total. The zero-order valence-corrected chi connectivity index (χ0v) is 18.0. The lowest BCUT2D eigenvalue weighted by molar-refractivity contribution is -0.120. The van der Waals surface area contributed by atoms with Crippen LogP contribution in [0.2, 0.25) is 0 Å². The lowest BCUT2D eigenvalue weighted by atomic mass is 10.0. The minimum atomic E-state index is -1.68. The summed E-state index contributed by atoms with van der Waals surface area (Å²) in [6.07, 6.45) is 1.65. The molecule has 176 valence electrons. The van der Waals surface area contributed by atoms with Gasteiger partial charge in [-0.3, -0.25) is 9.59 Å². The lowest BCUT2D eigenvalue weighted by Gasteiger charge is -2.41. The molecule has 1 aliphatic heterocycles. The van der Waals surface area contributed by atoms with Gasteiger partial charge in [-0.15, -0.1) is 0 Å². The molecule has 2 fully saturated rings. The summed E-state index contributed by atoms with van der Waals surface area (Å²) in [5.41, 5.74) is -0.423. The van der Waals surface area contributed by atoms with E-state index in [-0.39, 0.29) is 42.3 Å². The number of carbonyl (C=O) groups is 2. The second-order valence-corrected chi connectivity index (χ2v) is 8.46. The van der Waals surface area contributed by atoms with Gasteiger partial charge in [-0.1, -0.05) is 30.3 Å². The van der Waals surface area contributed by atoms with Gasteiger partial charge in [0.25, 0.3) is 0 Å². The lowest BCUT2D eigenvalue weighted by Crippen LogP contribution is -2.48. The van der Waals surface area contributed by atoms with Crippen LogP contribution in [-0.4, -0.2) is 46.8 Å². The third kappa shape index (κ3) is 3.74. The molecule has 3 aromatic rings. The van der Waals surface area contributed by atoms with E-state index in [4.69, 9.17) is 5.11 Å². The zero-order valence-electron chi connectivity index (χ0n) is 18.0. The summed E-state index contributed by atoms with van der Waals surface area (Å²) >= 11 is 0. The summed E-state index contributed by atoms with van der Waals surface area (Å²) in [5, 5.41) is 8.66. The van der Waals surface area contributed by atoms with Crippen LogP contribution in [0.25, 0.3) is 10.9 Å². The predicted octanol–water partition coefficient (Wildman–Crippen LogP) is 3.69. The highest BCUT2D eigenvalue weighted by molar-refractivity contribution is 5.86. The van der Waals surface area contributed by atoms with Gasteiger partial charge in [0.1, 0.15) is 11.5 Å². The van der Waals surface area contributed by atoms with Crippen molar-refractivity contribution in [3.63, 3.8) is 0 Å². The maximum Gasteiger partial charge on any atom is 0.511 e. The highest BCUT2D eigenvalue weighted by Gasteiger charge is 2.34. The molecular formula is C24H21F2N3O5. The van der Waals surface area contributed by atoms with Gasteiger partial charge in [-0.25, -0.2) is 13.6 Å². The van der Waals surface area contributed by atoms with Crippen LogP contribution in [0, 0.1) is 11.6 Å². The van der Waals surface area contributed by atoms with Gasteiger partial charge < -0.3 is 24.2 Å². The van der Waals surface area contributed by atoms with Gasteiger partial charge in [0.05, 0.1) is 23.1 Å². The average molecular weight is 469 g/mol.